The molecule has 0 aromatic carbocycles. The van der Waals surface area contributed by atoms with Crippen LogP contribution in [0.3, 0.4) is 0 Å². The standard InChI is InChI=1S/C10H17NO2S3/c1-4-16(12,13)6-9-11-10(7(2)3)8(5-14)15-9/h7,14H,4-6H2,1-3H3. The molecule has 0 aliphatic rings. The summed E-state index contributed by atoms with van der Waals surface area (Å²) in [6.45, 7) is 5.77. The molecule has 6 heteroatoms. The smallest absolute Gasteiger partial charge is 0.156 e. The van der Waals surface area contributed by atoms with Gasteiger partial charge in [0.15, 0.2) is 9.84 Å². The van der Waals surface area contributed by atoms with E-state index >= 15 is 0 Å². The first-order valence-electron chi connectivity index (χ1n) is 5.19. The normalized spacial score (nSPS) is 12.3. The third-order valence-corrected chi connectivity index (χ3v) is 5.62. The van der Waals surface area contributed by atoms with E-state index in [1.54, 1.807) is 6.92 Å². The second kappa shape index (κ2) is 5.51. The summed E-state index contributed by atoms with van der Waals surface area (Å²) < 4.78 is 23.0. The first kappa shape index (κ1) is 14.0. The van der Waals surface area contributed by atoms with Crippen molar-refractivity contribution in [1.82, 2.24) is 4.98 Å². The van der Waals surface area contributed by atoms with E-state index in [1.807, 2.05) is 0 Å². The van der Waals surface area contributed by atoms with Crippen molar-refractivity contribution in [1.29, 1.82) is 0 Å². The zero-order valence-electron chi connectivity index (χ0n) is 9.73. The van der Waals surface area contributed by atoms with E-state index in [0.717, 1.165) is 10.6 Å². The van der Waals surface area contributed by atoms with Gasteiger partial charge in [0.1, 0.15) is 10.8 Å². The maximum absolute atomic E-state index is 11.5. The fraction of sp³-hybridized carbons (Fsp3) is 0.700. The quantitative estimate of drug-likeness (QED) is 0.843. The minimum atomic E-state index is -2.99. The van der Waals surface area contributed by atoms with E-state index in [-0.39, 0.29) is 11.5 Å². The summed E-state index contributed by atoms with van der Waals surface area (Å²) in [5.41, 5.74) is 0.987. The number of sulfone groups is 1. The first-order valence-corrected chi connectivity index (χ1v) is 8.46. The third-order valence-electron chi connectivity index (χ3n) is 2.25. The Balaban J connectivity index is 3.00. The van der Waals surface area contributed by atoms with Crippen molar-refractivity contribution >= 4 is 33.8 Å². The molecule has 0 aliphatic heterocycles. The van der Waals surface area contributed by atoms with E-state index in [4.69, 9.17) is 0 Å². The predicted octanol–water partition coefficient (Wildman–Crippen LogP) is 2.63. The van der Waals surface area contributed by atoms with Gasteiger partial charge in [0, 0.05) is 16.4 Å². The van der Waals surface area contributed by atoms with Crippen LogP contribution in [-0.4, -0.2) is 19.2 Å². The van der Waals surface area contributed by atoms with E-state index in [0.29, 0.717) is 16.7 Å². The Morgan fingerprint density at radius 2 is 2.06 bits per heavy atom. The maximum atomic E-state index is 11.5. The Labute approximate surface area is 107 Å². The van der Waals surface area contributed by atoms with Crippen molar-refractivity contribution in [3.05, 3.63) is 15.6 Å². The second-order valence-electron chi connectivity index (χ2n) is 3.91. The molecule has 1 rings (SSSR count). The number of thiol groups is 1. The lowest BCUT2D eigenvalue weighted by Gasteiger charge is -2.01. The van der Waals surface area contributed by atoms with E-state index in [1.165, 1.54) is 11.3 Å². The minimum absolute atomic E-state index is 0.0572. The lowest BCUT2D eigenvalue weighted by molar-refractivity contribution is 0.596. The van der Waals surface area contributed by atoms with Crippen molar-refractivity contribution in [3.63, 3.8) is 0 Å². The molecule has 0 radical (unpaired) electrons. The Bertz CT molecular complexity index is 449. The Kier molecular flexibility index (Phi) is 4.82. The molecule has 0 saturated heterocycles. The van der Waals surface area contributed by atoms with Gasteiger partial charge in [-0.05, 0) is 5.92 Å². The molecule has 0 spiro atoms. The van der Waals surface area contributed by atoms with Gasteiger partial charge < -0.3 is 0 Å². The van der Waals surface area contributed by atoms with Crippen LogP contribution in [0.5, 0.6) is 0 Å². The molecule has 0 fully saturated rings. The molecule has 0 atom stereocenters. The Morgan fingerprint density at radius 3 is 2.44 bits per heavy atom. The summed E-state index contributed by atoms with van der Waals surface area (Å²) in [5.74, 6) is 1.16. The summed E-state index contributed by atoms with van der Waals surface area (Å²) in [6, 6.07) is 0. The summed E-state index contributed by atoms with van der Waals surface area (Å²) in [7, 11) is -2.99. The maximum Gasteiger partial charge on any atom is 0.156 e. The molecule has 0 saturated carbocycles. The topological polar surface area (TPSA) is 47.0 Å². The van der Waals surface area contributed by atoms with Gasteiger partial charge in [0.25, 0.3) is 0 Å². The molecule has 0 unspecified atom stereocenters. The van der Waals surface area contributed by atoms with Crippen LogP contribution in [0.4, 0.5) is 0 Å². The second-order valence-corrected chi connectivity index (χ2v) is 7.74. The summed E-state index contributed by atoms with van der Waals surface area (Å²) in [4.78, 5) is 5.49. The van der Waals surface area contributed by atoms with Crippen molar-refractivity contribution in [3.8, 4) is 0 Å². The van der Waals surface area contributed by atoms with Crippen LogP contribution in [0.15, 0.2) is 0 Å². The zero-order chi connectivity index (χ0) is 12.3. The molecule has 0 aliphatic carbocycles. The molecule has 1 heterocycles. The number of thiazole rings is 1. The zero-order valence-corrected chi connectivity index (χ0v) is 12.3. The van der Waals surface area contributed by atoms with Gasteiger partial charge in [0.2, 0.25) is 0 Å². The summed E-state index contributed by atoms with van der Waals surface area (Å²) in [6.07, 6.45) is 0. The molecule has 3 nitrogen and oxygen atoms in total. The minimum Gasteiger partial charge on any atom is -0.245 e. The molecule has 1 aromatic rings. The lowest BCUT2D eigenvalue weighted by atomic mass is 10.1. The van der Waals surface area contributed by atoms with Crippen molar-refractivity contribution in [2.45, 2.75) is 38.2 Å². The lowest BCUT2D eigenvalue weighted by Crippen LogP contribution is -2.06. The van der Waals surface area contributed by atoms with Crippen molar-refractivity contribution < 1.29 is 8.42 Å². The molecule has 0 N–H and O–H groups in total. The van der Waals surface area contributed by atoms with Gasteiger partial charge in [-0.3, -0.25) is 0 Å². The van der Waals surface area contributed by atoms with Crippen LogP contribution >= 0.6 is 24.0 Å². The average molecular weight is 279 g/mol. The SMILES string of the molecule is CCS(=O)(=O)Cc1nc(C(C)C)c(CS)s1. The molecule has 1 aromatic heterocycles. The average Bonchev–Trinajstić information content (AvgIpc) is 2.60. The van der Waals surface area contributed by atoms with Crippen LogP contribution in [0.1, 0.15) is 42.3 Å². The van der Waals surface area contributed by atoms with Gasteiger partial charge in [0.05, 0.1) is 5.69 Å². The molecular formula is C10H17NO2S3. The van der Waals surface area contributed by atoms with Crippen LogP contribution in [0.25, 0.3) is 0 Å². The van der Waals surface area contributed by atoms with E-state index in [2.05, 4.69) is 31.5 Å². The fourth-order valence-corrected chi connectivity index (χ4v) is 3.98. The highest BCUT2D eigenvalue weighted by molar-refractivity contribution is 7.90. The monoisotopic (exact) mass is 279 g/mol. The van der Waals surface area contributed by atoms with E-state index in [9.17, 15) is 8.42 Å². The largest absolute Gasteiger partial charge is 0.245 e. The number of aromatic nitrogens is 1. The number of hydrogen-bond donors (Lipinski definition) is 1. The number of hydrogen-bond acceptors (Lipinski definition) is 5. The van der Waals surface area contributed by atoms with Crippen LogP contribution < -0.4 is 0 Å². The highest BCUT2D eigenvalue weighted by Gasteiger charge is 2.17. The Morgan fingerprint density at radius 1 is 1.44 bits per heavy atom. The van der Waals surface area contributed by atoms with E-state index < -0.39 is 9.84 Å². The third kappa shape index (κ3) is 3.46. The predicted molar refractivity (Wildman–Crippen MR) is 72.1 cm³/mol. The Hall–Kier alpha value is -0.0700. The molecule has 0 bridgehead atoms. The molecular weight excluding hydrogens is 262 g/mol. The van der Waals surface area contributed by atoms with Gasteiger partial charge in [-0.1, -0.05) is 20.8 Å². The first-order chi connectivity index (χ1) is 7.39. The number of rotatable bonds is 5. The van der Waals surface area contributed by atoms with Crippen LogP contribution in [0, 0.1) is 0 Å². The fourth-order valence-electron chi connectivity index (χ4n) is 1.33. The van der Waals surface area contributed by atoms with Crippen molar-refractivity contribution in [2.24, 2.45) is 0 Å². The van der Waals surface area contributed by atoms with Gasteiger partial charge in [-0.2, -0.15) is 12.6 Å². The van der Waals surface area contributed by atoms with Gasteiger partial charge >= 0.3 is 0 Å². The molecule has 0 amide bonds. The highest BCUT2D eigenvalue weighted by atomic mass is 32.2. The van der Waals surface area contributed by atoms with Gasteiger partial charge in [-0.15, -0.1) is 11.3 Å². The summed E-state index contributed by atoms with van der Waals surface area (Å²) in [5, 5.41) is 0.689. The highest BCUT2D eigenvalue weighted by Crippen LogP contribution is 2.27. The van der Waals surface area contributed by atoms with Crippen molar-refractivity contribution in [2.75, 3.05) is 5.75 Å². The summed E-state index contributed by atoms with van der Waals surface area (Å²) >= 11 is 5.71. The molecule has 92 valence electrons. The van der Waals surface area contributed by atoms with Crippen LogP contribution in [-0.2, 0) is 21.3 Å². The van der Waals surface area contributed by atoms with Gasteiger partial charge in [-0.25, -0.2) is 13.4 Å². The molecule has 16 heavy (non-hydrogen) atoms. The van der Waals surface area contributed by atoms with Crippen LogP contribution in [0.2, 0.25) is 0 Å². The number of nitrogens with zero attached hydrogens (tertiary/aromatic N) is 1.